The van der Waals surface area contributed by atoms with Crippen LogP contribution in [0.25, 0.3) is 5.69 Å². The summed E-state index contributed by atoms with van der Waals surface area (Å²) in [5.41, 5.74) is 0.868. The molecule has 4 rings (SSSR count). The molecule has 0 saturated carbocycles. The van der Waals surface area contributed by atoms with Crippen molar-refractivity contribution in [3.05, 3.63) is 64.2 Å². The summed E-state index contributed by atoms with van der Waals surface area (Å²) in [6.45, 7) is 3.88. The number of halogens is 4. The highest BCUT2D eigenvalue weighted by Crippen LogP contribution is 2.47. The number of para-hydroxylation sites is 1. The van der Waals surface area contributed by atoms with Gasteiger partial charge in [-0.3, -0.25) is 9.36 Å². The maximum atomic E-state index is 14.0. The van der Waals surface area contributed by atoms with Gasteiger partial charge in [0.1, 0.15) is 12.2 Å². The second-order valence-electron chi connectivity index (χ2n) is 7.74. The molecule has 0 bridgehead atoms. The molecule has 192 valence electrons. The molecule has 8 nitrogen and oxygen atoms in total. The molecule has 2 aromatic carbocycles. The summed E-state index contributed by atoms with van der Waals surface area (Å²) in [6.07, 6.45) is -7.46. The first kappa shape index (κ1) is 25.8. The van der Waals surface area contributed by atoms with Crippen LogP contribution in [0.4, 0.5) is 13.2 Å². The van der Waals surface area contributed by atoms with Gasteiger partial charge in [0.25, 0.3) is 0 Å². The van der Waals surface area contributed by atoms with Crippen LogP contribution in [0.3, 0.4) is 0 Å². The second kappa shape index (κ2) is 10.4. The summed E-state index contributed by atoms with van der Waals surface area (Å²) in [6, 6.07) is 9.51. The van der Waals surface area contributed by atoms with Crippen molar-refractivity contribution < 1.29 is 36.9 Å². The van der Waals surface area contributed by atoms with Crippen LogP contribution in [0.5, 0.6) is 11.5 Å². The molecule has 1 aromatic heterocycles. The largest absolute Gasteiger partial charge is 0.492 e. The minimum Gasteiger partial charge on any atom is -0.492 e. The van der Waals surface area contributed by atoms with E-state index >= 15 is 0 Å². The minimum atomic E-state index is -4.83. The number of carbonyl (C=O) groups is 1. The number of rotatable bonds is 7. The SMILES string of the molecule is CCOC(=O)C[C@H]1O[C@H](c2cccc(OCC)c2OC)c2cc(Cl)ccc2-n2c1nnc2C(F)(F)F. The molecule has 0 N–H and O–H groups in total. The van der Waals surface area contributed by atoms with Crippen LogP contribution in [-0.2, 0) is 20.4 Å². The summed E-state index contributed by atoms with van der Waals surface area (Å²) < 4.78 is 65.5. The van der Waals surface area contributed by atoms with Crippen molar-refractivity contribution >= 4 is 17.6 Å². The number of methoxy groups -OCH3 is 1. The molecular weight excluding hydrogens is 503 g/mol. The number of hydrogen-bond donors (Lipinski definition) is 0. The van der Waals surface area contributed by atoms with Gasteiger partial charge in [-0.1, -0.05) is 23.7 Å². The highest BCUT2D eigenvalue weighted by Gasteiger charge is 2.44. The summed E-state index contributed by atoms with van der Waals surface area (Å²) in [5, 5.41) is 7.44. The Morgan fingerprint density at radius 1 is 1.14 bits per heavy atom. The van der Waals surface area contributed by atoms with Crippen molar-refractivity contribution in [2.75, 3.05) is 20.3 Å². The van der Waals surface area contributed by atoms with Gasteiger partial charge in [-0.25, -0.2) is 0 Å². The van der Waals surface area contributed by atoms with Gasteiger partial charge in [0.2, 0.25) is 5.82 Å². The van der Waals surface area contributed by atoms with E-state index in [0.717, 1.165) is 4.57 Å². The monoisotopic (exact) mass is 525 g/mol. The quantitative estimate of drug-likeness (QED) is 0.379. The molecular formula is C24H23ClF3N3O5. The highest BCUT2D eigenvalue weighted by atomic mass is 35.5. The number of esters is 1. The summed E-state index contributed by atoms with van der Waals surface area (Å²) >= 11 is 6.28. The predicted molar refractivity (Wildman–Crippen MR) is 122 cm³/mol. The van der Waals surface area contributed by atoms with Crippen molar-refractivity contribution in [2.24, 2.45) is 0 Å². The molecule has 0 aliphatic carbocycles. The van der Waals surface area contributed by atoms with Crippen molar-refractivity contribution in [3.8, 4) is 17.2 Å². The number of ether oxygens (including phenoxy) is 4. The fourth-order valence-electron chi connectivity index (χ4n) is 4.14. The first-order valence-corrected chi connectivity index (χ1v) is 11.5. The maximum absolute atomic E-state index is 14.0. The van der Waals surface area contributed by atoms with Crippen LogP contribution in [0.2, 0.25) is 5.02 Å². The number of aromatic nitrogens is 3. The topological polar surface area (TPSA) is 84.7 Å². The lowest BCUT2D eigenvalue weighted by Gasteiger charge is -2.25. The van der Waals surface area contributed by atoms with Gasteiger partial charge < -0.3 is 18.9 Å². The summed E-state index contributed by atoms with van der Waals surface area (Å²) in [4.78, 5) is 12.4. The molecule has 3 aromatic rings. The van der Waals surface area contributed by atoms with Gasteiger partial charge in [-0.05, 0) is 38.1 Å². The third-order valence-electron chi connectivity index (χ3n) is 5.50. The highest BCUT2D eigenvalue weighted by molar-refractivity contribution is 6.30. The molecule has 0 amide bonds. The van der Waals surface area contributed by atoms with Gasteiger partial charge in [0.15, 0.2) is 17.3 Å². The summed E-state index contributed by atoms with van der Waals surface area (Å²) in [5.74, 6) is -1.36. The molecule has 0 spiro atoms. The lowest BCUT2D eigenvalue weighted by atomic mass is 9.98. The standard InChI is InChI=1S/C24H23ClF3N3O5/c1-4-34-17-8-6-7-14(21(17)33-3)20-15-11-13(25)9-10-16(15)31-22(29-30-23(31)24(26,27)28)18(36-20)12-19(32)35-5-2/h6-11,18,20H,4-5,12H2,1-3H3/t18-,20-/m1/s1. The second-order valence-corrected chi connectivity index (χ2v) is 8.18. The van der Waals surface area contributed by atoms with Gasteiger partial charge in [-0.15, -0.1) is 10.2 Å². The van der Waals surface area contributed by atoms with E-state index in [-0.39, 0.29) is 23.1 Å². The molecule has 1 aliphatic heterocycles. The maximum Gasteiger partial charge on any atom is 0.452 e. The lowest BCUT2D eigenvalue weighted by molar-refractivity contribution is -0.147. The molecule has 0 fully saturated rings. The van der Waals surface area contributed by atoms with E-state index in [1.807, 2.05) is 6.92 Å². The fourth-order valence-corrected chi connectivity index (χ4v) is 4.32. The zero-order valence-corrected chi connectivity index (χ0v) is 20.4. The molecule has 2 heterocycles. The lowest BCUT2D eigenvalue weighted by Crippen LogP contribution is -2.18. The number of fused-ring (bicyclic) bond motifs is 3. The number of benzene rings is 2. The van der Waals surface area contributed by atoms with Crippen molar-refractivity contribution in [3.63, 3.8) is 0 Å². The van der Waals surface area contributed by atoms with Crippen molar-refractivity contribution in [1.82, 2.24) is 14.8 Å². The van der Waals surface area contributed by atoms with E-state index in [4.69, 9.17) is 30.5 Å². The average Bonchev–Trinajstić information content (AvgIpc) is 3.23. The van der Waals surface area contributed by atoms with Crippen LogP contribution >= 0.6 is 11.6 Å². The third-order valence-corrected chi connectivity index (χ3v) is 5.73. The molecule has 2 atom stereocenters. The van der Waals surface area contributed by atoms with Crippen LogP contribution in [-0.4, -0.2) is 41.1 Å². The first-order chi connectivity index (χ1) is 17.2. The molecule has 36 heavy (non-hydrogen) atoms. The third kappa shape index (κ3) is 4.85. The van der Waals surface area contributed by atoms with Crippen molar-refractivity contribution in [2.45, 2.75) is 38.7 Å². The Labute approximate surface area is 209 Å². The summed E-state index contributed by atoms with van der Waals surface area (Å²) in [7, 11) is 1.45. The molecule has 1 aliphatic rings. The molecule has 0 unspecified atom stereocenters. The van der Waals surface area contributed by atoms with E-state index in [2.05, 4.69) is 10.2 Å². The Bertz CT molecular complexity index is 1260. The number of alkyl halides is 3. The smallest absolute Gasteiger partial charge is 0.452 e. The van der Waals surface area contributed by atoms with Gasteiger partial charge in [0, 0.05) is 16.1 Å². The first-order valence-electron chi connectivity index (χ1n) is 11.1. The zero-order valence-electron chi connectivity index (χ0n) is 19.6. The number of carbonyl (C=O) groups excluding carboxylic acids is 1. The van der Waals surface area contributed by atoms with E-state index in [0.29, 0.717) is 29.2 Å². The normalized spacial score (nSPS) is 17.1. The van der Waals surface area contributed by atoms with Crippen LogP contribution in [0.1, 0.15) is 55.3 Å². The van der Waals surface area contributed by atoms with Crippen LogP contribution < -0.4 is 9.47 Å². The zero-order chi connectivity index (χ0) is 26.0. The van der Waals surface area contributed by atoms with Gasteiger partial charge >= 0.3 is 12.1 Å². The Morgan fingerprint density at radius 3 is 2.58 bits per heavy atom. The Hall–Kier alpha value is -3.31. The fraction of sp³-hybridized carbons (Fsp3) is 0.375. The number of hydrogen-bond acceptors (Lipinski definition) is 7. The van der Waals surface area contributed by atoms with E-state index < -0.39 is 36.6 Å². The number of nitrogens with zero attached hydrogens (tertiary/aromatic N) is 3. The average molecular weight is 526 g/mol. The van der Waals surface area contributed by atoms with E-state index in [9.17, 15) is 18.0 Å². The minimum absolute atomic E-state index is 0.0928. The Morgan fingerprint density at radius 2 is 1.92 bits per heavy atom. The molecule has 0 saturated heterocycles. The molecule has 12 heteroatoms. The Kier molecular flexibility index (Phi) is 7.41. The predicted octanol–water partition coefficient (Wildman–Crippen LogP) is 5.46. The molecule has 0 radical (unpaired) electrons. The van der Waals surface area contributed by atoms with Crippen molar-refractivity contribution in [1.29, 1.82) is 0 Å². The Balaban J connectivity index is 1.99. The van der Waals surface area contributed by atoms with Crippen LogP contribution in [0, 0.1) is 0 Å². The van der Waals surface area contributed by atoms with Gasteiger partial charge in [-0.2, -0.15) is 13.2 Å². The van der Waals surface area contributed by atoms with Gasteiger partial charge in [0.05, 0.1) is 32.4 Å². The van der Waals surface area contributed by atoms with E-state index in [1.54, 1.807) is 25.1 Å². The van der Waals surface area contributed by atoms with E-state index in [1.165, 1.54) is 25.3 Å². The van der Waals surface area contributed by atoms with Crippen LogP contribution in [0.15, 0.2) is 36.4 Å².